The van der Waals surface area contributed by atoms with Crippen molar-refractivity contribution in [2.45, 2.75) is 64.1 Å². The average molecular weight is 259 g/mol. The molecule has 2 fully saturated rings. The van der Waals surface area contributed by atoms with E-state index in [1.165, 1.54) is 56.3 Å². The van der Waals surface area contributed by atoms with Gasteiger partial charge >= 0.3 is 0 Å². The highest BCUT2D eigenvalue weighted by molar-refractivity contribution is 5.54. The fourth-order valence-corrected chi connectivity index (χ4v) is 2.59. The van der Waals surface area contributed by atoms with E-state index in [4.69, 9.17) is 0 Å². The SMILES string of the molecule is CCCCN(c1ccncc1CNC1CC1)C1CC1. The lowest BCUT2D eigenvalue weighted by atomic mass is 10.2. The van der Waals surface area contributed by atoms with Crippen molar-refractivity contribution in [1.82, 2.24) is 10.3 Å². The van der Waals surface area contributed by atoms with Crippen molar-refractivity contribution in [2.75, 3.05) is 11.4 Å². The second-order valence-corrected chi connectivity index (χ2v) is 5.94. The van der Waals surface area contributed by atoms with Crippen LogP contribution in [0, 0.1) is 0 Å². The normalized spacial score (nSPS) is 18.6. The topological polar surface area (TPSA) is 28.2 Å². The Labute approximate surface area is 116 Å². The van der Waals surface area contributed by atoms with Crippen LogP contribution in [-0.2, 0) is 6.54 Å². The number of rotatable bonds is 8. The van der Waals surface area contributed by atoms with Gasteiger partial charge in [0.2, 0.25) is 0 Å². The van der Waals surface area contributed by atoms with Crippen LogP contribution in [0.2, 0.25) is 0 Å². The third-order valence-electron chi connectivity index (χ3n) is 4.09. The van der Waals surface area contributed by atoms with Crippen molar-refractivity contribution in [1.29, 1.82) is 0 Å². The molecule has 2 aliphatic carbocycles. The van der Waals surface area contributed by atoms with Crippen LogP contribution in [0.3, 0.4) is 0 Å². The van der Waals surface area contributed by atoms with E-state index in [9.17, 15) is 0 Å². The van der Waals surface area contributed by atoms with Crippen LogP contribution in [0.15, 0.2) is 18.5 Å². The zero-order valence-electron chi connectivity index (χ0n) is 11.9. The molecule has 1 aromatic heterocycles. The van der Waals surface area contributed by atoms with Crippen LogP contribution in [-0.4, -0.2) is 23.6 Å². The fraction of sp³-hybridized carbons (Fsp3) is 0.688. The van der Waals surface area contributed by atoms with Crippen molar-refractivity contribution in [3.8, 4) is 0 Å². The Balaban J connectivity index is 1.71. The van der Waals surface area contributed by atoms with E-state index in [1.54, 1.807) is 0 Å². The maximum Gasteiger partial charge on any atom is 0.0445 e. The highest BCUT2D eigenvalue weighted by Crippen LogP contribution is 2.33. The molecule has 0 bridgehead atoms. The molecule has 1 heterocycles. The number of aromatic nitrogens is 1. The molecular weight excluding hydrogens is 234 g/mol. The predicted octanol–water partition coefficient (Wildman–Crippen LogP) is 3.10. The molecular formula is C16H25N3. The molecule has 1 N–H and O–H groups in total. The minimum Gasteiger partial charge on any atom is -0.368 e. The molecule has 1 aromatic rings. The summed E-state index contributed by atoms with van der Waals surface area (Å²) in [6.45, 7) is 4.44. The molecule has 0 atom stereocenters. The molecule has 0 spiro atoms. The molecule has 2 aliphatic rings. The van der Waals surface area contributed by atoms with Gasteiger partial charge in [0.05, 0.1) is 0 Å². The summed E-state index contributed by atoms with van der Waals surface area (Å²) in [5, 5.41) is 3.62. The largest absolute Gasteiger partial charge is 0.368 e. The van der Waals surface area contributed by atoms with Crippen molar-refractivity contribution in [3.63, 3.8) is 0 Å². The Morgan fingerprint density at radius 3 is 2.84 bits per heavy atom. The van der Waals surface area contributed by atoms with Crippen LogP contribution in [0.5, 0.6) is 0 Å². The van der Waals surface area contributed by atoms with Gasteiger partial charge in [0, 0.05) is 48.8 Å². The molecule has 0 saturated heterocycles. The smallest absolute Gasteiger partial charge is 0.0445 e. The van der Waals surface area contributed by atoms with Crippen LogP contribution < -0.4 is 10.2 Å². The second kappa shape index (κ2) is 5.91. The number of pyridine rings is 1. The van der Waals surface area contributed by atoms with Gasteiger partial charge in [-0.25, -0.2) is 0 Å². The first-order valence-electron chi connectivity index (χ1n) is 7.81. The Morgan fingerprint density at radius 1 is 1.32 bits per heavy atom. The van der Waals surface area contributed by atoms with Crippen molar-refractivity contribution < 1.29 is 0 Å². The molecule has 2 saturated carbocycles. The van der Waals surface area contributed by atoms with Crippen molar-refractivity contribution in [3.05, 3.63) is 24.0 Å². The number of hydrogen-bond donors (Lipinski definition) is 1. The van der Waals surface area contributed by atoms with E-state index in [-0.39, 0.29) is 0 Å². The van der Waals surface area contributed by atoms with Crippen molar-refractivity contribution >= 4 is 5.69 Å². The summed E-state index contributed by atoms with van der Waals surface area (Å²) in [6, 6.07) is 3.75. The number of hydrogen-bond acceptors (Lipinski definition) is 3. The minimum absolute atomic E-state index is 0.762. The molecule has 3 rings (SSSR count). The van der Waals surface area contributed by atoms with Gasteiger partial charge < -0.3 is 10.2 Å². The summed E-state index contributed by atoms with van der Waals surface area (Å²) in [6.07, 6.45) is 12.0. The minimum atomic E-state index is 0.762. The highest BCUT2D eigenvalue weighted by atomic mass is 15.2. The molecule has 3 heteroatoms. The Morgan fingerprint density at radius 2 is 2.16 bits per heavy atom. The molecule has 0 unspecified atom stereocenters. The summed E-state index contributed by atoms with van der Waals surface area (Å²) in [5.41, 5.74) is 2.79. The van der Waals surface area contributed by atoms with Crippen LogP contribution >= 0.6 is 0 Å². The molecule has 0 radical (unpaired) electrons. The first-order chi connectivity index (χ1) is 9.38. The van der Waals surface area contributed by atoms with Gasteiger partial charge in [0.15, 0.2) is 0 Å². The molecule has 0 aliphatic heterocycles. The van der Waals surface area contributed by atoms with E-state index >= 15 is 0 Å². The van der Waals surface area contributed by atoms with Crippen LogP contribution in [0.1, 0.15) is 51.0 Å². The van der Waals surface area contributed by atoms with Crippen LogP contribution in [0.25, 0.3) is 0 Å². The lowest BCUT2D eigenvalue weighted by molar-refractivity contribution is 0.671. The maximum atomic E-state index is 4.32. The lowest BCUT2D eigenvalue weighted by Crippen LogP contribution is -2.29. The van der Waals surface area contributed by atoms with Gasteiger partial charge in [-0.3, -0.25) is 4.98 Å². The molecule has 104 valence electrons. The quantitative estimate of drug-likeness (QED) is 0.777. The standard InChI is InChI=1S/C16H25N3/c1-2-3-10-19(15-6-7-15)16-8-9-17-11-13(16)12-18-14-4-5-14/h8-9,11,14-15,18H,2-7,10,12H2,1H3. The first kappa shape index (κ1) is 12.9. The molecule has 0 amide bonds. The predicted molar refractivity (Wildman–Crippen MR) is 79.4 cm³/mol. The lowest BCUT2D eigenvalue weighted by Gasteiger charge is -2.27. The fourth-order valence-electron chi connectivity index (χ4n) is 2.59. The maximum absolute atomic E-state index is 4.32. The Hall–Kier alpha value is -1.09. The summed E-state index contributed by atoms with van der Waals surface area (Å²) in [4.78, 5) is 6.94. The average Bonchev–Trinajstić information content (AvgIpc) is 3.30. The van der Waals surface area contributed by atoms with E-state index < -0.39 is 0 Å². The van der Waals surface area contributed by atoms with Gasteiger partial charge in [-0.15, -0.1) is 0 Å². The molecule has 19 heavy (non-hydrogen) atoms. The second-order valence-electron chi connectivity index (χ2n) is 5.94. The van der Waals surface area contributed by atoms with E-state index in [1.807, 2.05) is 12.4 Å². The highest BCUT2D eigenvalue weighted by Gasteiger charge is 2.30. The number of unbranched alkanes of at least 4 members (excludes halogenated alkanes) is 1. The van der Waals surface area contributed by atoms with Gasteiger partial charge in [-0.05, 0) is 38.2 Å². The van der Waals surface area contributed by atoms with E-state index in [2.05, 4.69) is 28.2 Å². The molecule has 0 aromatic carbocycles. The zero-order valence-corrected chi connectivity index (χ0v) is 11.9. The summed E-state index contributed by atoms with van der Waals surface area (Å²) < 4.78 is 0. The third kappa shape index (κ3) is 3.47. The number of anilines is 1. The van der Waals surface area contributed by atoms with Crippen LogP contribution in [0.4, 0.5) is 5.69 Å². The Bertz CT molecular complexity index is 410. The Kier molecular flexibility index (Phi) is 4.02. The van der Waals surface area contributed by atoms with E-state index in [0.29, 0.717) is 0 Å². The summed E-state index contributed by atoms with van der Waals surface area (Å²) >= 11 is 0. The number of nitrogens with one attached hydrogen (secondary N) is 1. The van der Waals surface area contributed by atoms with Gasteiger partial charge in [0.25, 0.3) is 0 Å². The third-order valence-corrected chi connectivity index (χ3v) is 4.09. The van der Waals surface area contributed by atoms with E-state index in [0.717, 1.165) is 18.6 Å². The summed E-state index contributed by atoms with van der Waals surface area (Å²) in [5.74, 6) is 0. The van der Waals surface area contributed by atoms with Gasteiger partial charge in [0.1, 0.15) is 0 Å². The van der Waals surface area contributed by atoms with Gasteiger partial charge in [-0.1, -0.05) is 13.3 Å². The first-order valence-corrected chi connectivity index (χ1v) is 7.81. The molecule has 3 nitrogen and oxygen atoms in total. The number of nitrogens with zero attached hydrogens (tertiary/aromatic N) is 2. The zero-order chi connectivity index (χ0) is 13.1. The monoisotopic (exact) mass is 259 g/mol. The van der Waals surface area contributed by atoms with Crippen molar-refractivity contribution in [2.24, 2.45) is 0 Å². The van der Waals surface area contributed by atoms with Gasteiger partial charge in [-0.2, -0.15) is 0 Å². The summed E-state index contributed by atoms with van der Waals surface area (Å²) in [7, 11) is 0.